The molecule has 0 aliphatic carbocycles. The van der Waals surface area contributed by atoms with Gasteiger partial charge in [0.2, 0.25) is 0 Å². The molecule has 4 aromatic rings. The third-order valence-corrected chi connectivity index (χ3v) is 8.15. The highest BCUT2D eigenvalue weighted by Crippen LogP contribution is 2.36. The third kappa shape index (κ3) is 5.72. The third-order valence-electron chi connectivity index (χ3n) is 5.16. The van der Waals surface area contributed by atoms with Gasteiger partial charge in [-0.2, -0.15) is 5.26 Å². The van der Waals surface area contributed by atoms with Crippen LogP contribution in [0.4, 0.5) is 10.7 Å². The number of amides is 1. The van der Waals surface area contributed by atoms with Crippen molar-refractivity contribution >= 4 is 62.1 Å². The van der Waals surface area contributed by atoms with Crippen molar-refractivity contribution in [1.82, 2.24) is 4.98 Å². The van der Waals surface area contributed by atoms with Crippen LogP contribution < -0.4 is 15.4 Å². The lowest BCUT2D eigenvalue weighted by Gasteiger charge is -2.09. The zero-order valence-corrected chi connectivity index (χ0v) is 22.6. The Balaban J connectivity index is 1.65. The smallest absolute Gasteiger partial charge is 0.341 e. The standard InChI is InChI=1S/C26H22N4O4S3/c1-4-34-26(32)21-15(2)22(23(31)29-17-8-5-6-9-19(17)33-3)37-25(21)28-13-16(12-27)24-30-18(14-36-24)20-10-7-11-35-20/h5-11,13-14,28H,4H2,1-3H3,(H,29,31)/b16-13-. The molecule has 0 atom stereocenters. The number of carbonyl (C=O) groups excluding carboxylic acids is 2. The molecule has 188 valence electrons. The molecule has 0 saturated carbocycles. The second-order valence-corrected chi connectivity index (χ2v) is 10.3. The van der Waals surface area contributed by atoms with E-state index >= 15 is 0 Å². The predicted octanol–water partition coefficient (Wildman–Crippen LogP) is 6.66. The summed E-state index contributed by atoms with van der Waals surface area (Å²) >= 11 is 4.02. The lowest BCUT2D eigenvalue weighted by molar-refractivity contribution is 0.0527. The maximum atomic E-state index is 13.2. The van der Waals surface area contributed by atoms with Crippen LogP contribution in [0.3, 0.4) is 0 Å². The highest BCUT2D eigenvalue weighted by Gasteiger charge is 2.26. The van der Waals surface area contributed by atoms with Crippen LogP contribution in [0.25, 0.3) is 16.1 Å². The van der Waals surface area contributed by atoms with Gasteiger partial charge in [0.1, 0.15) is 27.4 Å². The molecule has 3 aromatic heterocycles. The van der Waals surface area contributed by atoms with Gasteiger partial charge in [-0.05, 0) is 43.0 Å². The Hall–Kier alpha value is -3.98. The first-order chi connectivity index (χ1) is 18.0. The topological polar surface area (TPSA) is 113 Å². The first kappa shape index (κ1) is 26.1. The lowest BCUT2D eigenvalue weighted by Crippen LogP contribution is -2.13. The lowest BCUT2D eigenvalue weighted by atomic mass is 10.1. The number of benzene rings is 1. The summed E-state index contributed by atoms with van der Waals surface area (Å²) in [5.74, 6) is -0.437. The van der Waals surface area contributed by atoms with Gasteiger partial charge < -0.3 is 20.1 Å². The maximum absolute atomic E-state index is 13.2. The normalized spacial score (nSPS) is 11.0. The van der Waals surface area contributed by atoms with Crippen LogP contribution in [-0.2, 0) is 4.74 Å². The molecule has 0 bridgehead atoms. The predicted molar refractivity (Wildman–Crippen MR) is 149 cm³/mol. The quantitative estimate of drug-likeness (QED) is 0.177. The number of carbonyl (C=O) groups is 2. The molecule has 0 unspecified atom stereocenters. The van der Waals surface area contributed by atoms with Gasteiger partial charge in [0, 0.05) is 11.6 Å². The second kappa shape index (κ2) is 11.8. The number of allylic oxidation sites excluding steroid dienone is 1. The molecule has 8 nitrogen and oxygen atoms in total. The van der Waals surface area contributed by atoms with E-state index in [1.54, 1.807) is 49.4 Å². The molecular weight excluding hydrogens is 529 g/mol. The molecule has 0 radical (unpaired) electrons. The minimum atomic E-state index is -0.559. The zero-order valence-electron chi connectivity index (χ0n) is 20.2. The van der Waals surface area contributed by atoms with Gasteiger partial charge in [-0.15, -0.1) is 34.0 Å². The average Bonchev–Trinajstić information content (AvgIpc) is 3.65. The molecule has 2 N–H and O–H groups in total. The van der Waals surface area contributed by atoms with Crippen molar-refractivity contribution in [2.75, 3.05) is 24.4 Å². The van der Waals surface area contributed by atoms with Crippen LogP contribution in [0.5, 0.6) is 5.75 Å². The molecule has 0 fully saturated rings. The number of thiophene rings is 2. The average molecular weight is 551 g/mol. The van der Waals surface area contributed by atoms with Crippen molar-refractivity contribution in [3.8, 4) is 22.4 Å². The number of esters is 1. The highest BCUT2D eigenvalue weighted by atomic mass is 32.1. The van der Waals surface area contributed by atoms with Gasteiger partial charge >= 0.3 is 5.97 Å². The zero-order chi connectivity index (χ0) is 26.4. The number of nitriles is 1. The number of aromatic nitrogens is 1. The molecule has 3 heterocycles. The first-order valence-corrected chi connectivity index (χ1v) is 13.7. The number of nitrogens with zero attached hydrogens (tertiary/aromatic N) is 2. The summed E-state index contributed by atoms with van der Waals surface area (Å²) in [5, 5.41) is 20.4. The Morgan fingerprint density at radius 2 is 2.00 bits per heavy atom. The molecular formula is C26H22N4O4S3. The Bertz CT molecular complexity index is 1500. The second-order valence-electron chi connectivity index (χ2n) is 7.46. The van der Waals surface area contributed by atoms with E-state index in [1.807, 2.05) is 22.9 Å². The van der Waals surface area contributed by atoms with Gasteiger partial charge in [0.15, 0.2) is 0 Å². The molecule has 0 saturated heterocycles. The number of anilines is 2. The van der Waals surface area contributed by atoms with E-state index in [1.165, 1.54) is 24.6 Å². The van der Waals surface area contributed by atoms with Crippen LogP contribution in [0.15, 0.2) is 53.4 Å². The summed E-state index contributed by atoms with van der Waals surface area (Å²) in [4.78, 5) is 31.9. The van der Waals surface area contributed by atoms with Crippen molar-refractivity contribution in [2.24, 2.45) is 0 Å². The molecule has 0 aliphatic heterocycles. The summed E-state index contributed by atoms with van der Waals surface area (Å²) in [6, 6.07) is 13.1. The number of ether oxygens (including phenoxy) is 2. The number of methoxy groups -OCH3 is 1. The van der Waals surface area contributed by atoms with Crippen molar-refractivity contribution in [1.29, 1.82) is 5.26 Å². The van der Waals surface area contributed by atoms with Crippen LogP contribution in [0, 0.1) is 18.3 Å². The Morgan fingerprint density at radius 1 is 1.19 bits per heavy atom. The fraction of sp³-hybridized carbons (Fsp3) is 0.154. The Morgan fingerprint density at radius 3 is 2.70 bits per heavy atom. The number of nitrogens with one attached hydrogen (secondary N) is 2. The summed E-state index contributed by atoms with van der Waals surface area (Å²) < 4.78 is 10.6. The number of hydrogen-bond acceptors (Lipinski definition) is 10. The van der Waals surface area contributed by atoms with Crippen molar-refractivity contribution in [3.63, 3.8) is 0 Å². The summed E-state index contributed by atoms with van der Waals surface area (Å²) in [7, 11) is 1.52. The SMILES string of the molecule is CCOC(=O)c1c(N/C=C(/C#N)c2nc(-c3cccs3)cs2)sc(C(=O)Nc2ccccc2OC)c1C. The number of rotatable bonds is 9. The number of para-hydroxylation sites is 2. The van der Waals surface area contributed by atoms with Crippen molar-refractivity contribution < 1.29 is 19.1 Å². The van der Waals surface area contributed by atoms with Gasteiger partial charge in [0.05, 0.1) is 40.4 Å². The summed E-state index contributed by atoms with van der Waals surface area (Å²) in [5.41, 5.74) is 2.31. The molecule has 1 amide bonds. The van der Waals surface area contributed by atoms with E-state index < -0.39 is 11.9 Å². The monoisotopic (exact) mass is 550 g/mol. The summed E-state index contributed by atoms with van der Waals surface area (Å²) in [6.07, 6.45) is 1.49. The van der Waals surface area contributed by atoms with Gasteiger partial charge in [0.25, 0.3) is 5.91 Å². The Labute approximate surface area is 225 Å². The van der Waals surface area contributed by atoms with Crippen LogP contribution >= 0.6 is 34.0 Å². The highest BCUT2D eigenvalue weighted by molar-refractivity contribution is 7.18. The van der Waals surface area contributed by atoms with Crippen molar-refractivity contribution in [3.05, 3.63) is 74.4 Å². The van der Waals surface area contributed by atoms with E-state index in [-0.39, 0.29) is 12.2 Å². The number of thiazole rings is 1. The van der Waals surface area contributed by atoms with Crippen LogP contribution in [0.1, 0.15) is 37.5 Å². The van der Waals surface area contributed by atoms with Gasteiger partial charge in [-0.3, -0.25) is 4.79 Å². The fourth-order valence-corrected chi connectivity index (χ4v) is 6.03. The van der Waals surface area contributed by atoms with E-state index in [4.69, 9.17) is 9.47 Å². The van der Waals surface area contributed by atoms with Crippen LogP contribution in [-0.4, -0.2) is 30.6 Å². The van der Waals surface area contributed by atoms with E-state index in [2.05, 4.69) is 21.7 Å². The molecule has 37 heavy (non-hydrogen) atoms. The largest absolute Gasteiger partial charge is 0.495 e. The molecule has 4 rings (SSSR count). The maximum Gasteiger partial charge on any atom is 0.341 e. The van der Waals surface area contributed by atoms with Crippen molar-refractivity contribution in [2.45, 2.75) is 13.8 Å². The molecule has 0 aliphatic rings. The van der Waals surface area contributed by atoms with E-state index in [0.29, 0.717) is 37.5 Å². The van der Waals surface area contributed by atoms with Gasteiger partial charge in [-0.1, -0.05) is 18.2 Å². The minimum Gasteiger partial charge on any atom is -0.495 e. The molecule has 11 heteroatoms. The molecule has 1 aromatic carbocycles. The Kier molecular flexibility index (Phi) is 8.35. The van der Waals surface area contributed by atoms with Crippen LogP contribution in [0.2, 0.25) is 0 Å². The summed E-state index contributed by atoms with van der Waals surface area (Å²) in [6.45, 7) is 3.58. The number of hydrogen-bond donors (Lipinski definition) is 2. The van der Waals surface area contributed by atoms with E-state index in [0.717, 1.165) is 21.9 Å². The molecule has 0 spiro atoms. The van der Waals surface area contributed by atoms with E-state index in [9.17, 15) is 14.9 Å². The fourth-order valence-electron chi connectivity index (χ4n) is 3.42. The van der Waals surface area contributed by atoms with Gasteiger partial charge in [-0.25, -0.2) is 9.78 Å². The minimum absolute atomic E-state index is 0.181. The first-order valence-electron chi connectivity index (χ1n) is 11.1.